The van der Waals surface area contributed by atoms with Gasteiger partial charge < -0.3 is 10.2 Å². The summed E-state index contributed by atoms with van der Waals surface area (Å²) in [5.74, 6) is 0. The van der Waals surface area contributed by atoms with E-state index in [4.69, 9.17) is 0 Å². The Bertz CT molecular complexity index is 531. The standard InChI is InChI=1S/C36H68O2/c1-3-5-7-27-31-35(37)33-29-25-23-21-19-17-15-13-11-9-10-12-14-16-18-20-22-24-26-30-34-36(38)32-28-8-6-4-2/h9,12,26,30,35-38H,3-8,11,13-25,27-29,31-34H2,1-2H3/t10?,35?,36-/m1/s1. The minimum Gasteiger partial charge on any atom is -0.393 e. The lowest BCUT2D eigenvalue weighted by atomic mass is 10.0. The Balaban J connectivity index is 3.32. The number of hydrogen-bond donors (Lipinski definition) is 2. The minimum absolute atomic E-state index is 0.0527. The maximum absolute atomic E-state index is 10.0. The zero-order valence-corrected chi connectivity index (χ0v) is 26.0. The third kappa shape index (κ3) is 31.4. The number of rotatable bonds is 30. The topological polar surface area (TPSA) is 40.5 Å². The van der Waals surface area contributed by atoms with E-state index in [1.54, 1.807) is 0 Å². The molecule has 2 atom stereocenters. The van der Waals surface area contributed by atoms with Crippen LogP contribution in [-0.4, -0.2) is 22.4 Å². The van der Waals surface area contributed by atoms with Gasteiger partial charge in [-0.15, -0.1) is 5.73 Å². The van der Waals surface area contributed by atoms with E-state index in [9.17, 15) is 10.2 Å². The van der Waals surface area contributed by atoms with Crippen LogP contribution in [0.15, 0.2) is 30.0 Å². The second-order valence-corrected chi connectivity index (χ2v) is 11.7. The molecule has 0 amide bonds. The first-order valence-electron chi connectivity index (χ1n) is 17.1. The van der Waals surface area contributed by atoms with Crippen LogP contribution < -0.4 is 0 Å². The summed E-state index contributed by atoms with van der Waals surface area (Å²) in [6, 6.07) is 0. The SMILES string of the molecule is CCCCCCC(O)CCCCCCCCCCC=C=CCCCCCCC=CC[C@H](O)CCCCCC. The van der Waals surface area contributed by atoms with E-state index in [0.717, 1.165) is 38.5 Å². The van der Waals surface area contributed by atoms with Crippen LogP contribution in [0.3, 0.4) is 0 Å². The zero-order chi connectivity index (χ0) is 27.8. The summed E-state index contributed by atoms with van der Waals surface area (Å²) in [4.78, 5) is 0. The first-order valence-corrected chi connectivity index (χ1v) is 17.1. The van der Waals surface area contributed by atoms with Gasteiger partial charge in [0.1, 0.15) is 0 Å². The Morgan fingerprint density at radius 1 is 0.447 bits per heavy atom. The zero-order valence-electron chi connectivity index (χ0n) is 26.0. The number of unbranched alkanes of at least 4 members (excludes halogenated alkanes) is 19. The van der Waals surface area contributed by atoms with E-state index >= 15 is 0 Å². The van der Waals surface area contributed by atoms with Gasteiger partial charge in [0, 0.05) is 0 Å². The van der Waals surface area contributed by atoms with E-state index in [-0.39, 0.29) is 12.2 Å². The fraction of sp³-hybridized carbons (Fsp3) is 0.861. The van der Waals surface area contributed by atoms with Crippen molar-refractivity contribution in [2.75, 3.05) is 0 Å². The Kier molecular flexibility index (Phi) is 31.7. The highest BCUT2D eigenvalue weighted by Crippen LogP contribution is 2.14. The van der Waals surface area contributed by atoms with Crippen LogP contribution in [0.1, 0.15) is 187 Å². The second kappa shape index (κ2) is 32.4. The largest absolute Gasteiger partial charge is 0.393 e. The van der Waals surface area contributed by atoms with Crippen molar-refractivity contribution in [3.63, 3.8) is 0 Å². The molecular formula is C36H68O2. The van der Waals surface area contributed by atoms with Gasteiger partial charge >= 0.3 is 0 Å². The molecular weight excluding hydrogens is 464 g/mol. The molecule has 0 radical (unpaired) electrons. The number of aliphatic hydroxyl groups is 2. The molecule has 0 heterocycles. The third-order valence-corrected chi connectivity index (χ3v) is 7.70. The van der Waals surface area contributed by atoms with Crippen LogP contribution in [0, 0.1) is 0 Å². The quantitative estimate of drug-likeness (QED) is 0.0548. The lowest BCUT2D eigenvalue weighted by Gasteiger charge is -2.10. The van der Waals surface area contributed by atoms with Crippen LogP contribution in [0.4, 0.5) is 0 Å². The maximum Gasteiger partial charge on any atom is 0.0574 e. The lowest BCUT2D eigenvalue weighted by Crippen LogP contribution is -2.05. The summed E-state index contributed by atoms with van der Waals surface area (Å²) in [5.41, 5.74) is 3.38. The van der Waals surface area contributed by atoms with Crippen LogP contribution in [0.5, 0.6) is 0 Å². The van der Waals surface area contributed by atoms with Gasteiger partial charge in [-0.25, -0.2) is 0 Å². The van der Waals surface area contributed by atoms with Crippen LogP contribution in [-0.2, 0) is 0 Å². The molecule has 38 heavy (non-hydrogen) atoms. The highest BCUT2D eigenvalue weighted by molar-refractivity contribution is 4.85. The first kappa shape index (κ1) is 37.2. The van der Waals surface area contributed by atoms with Gasteiger partial charge in [0.25, 0.3) is 0 Å². The highest BCUT2D eigenvalue weighted by atomic mass is 16.3. The molecule has 1 unspecified atom stereocenters. The van der Waals surface area contributed by atoms with E-state index < -0.39 is 0 Å². The molecule has 0 aliphatic heterocycles. The summed E-state index contributed by atoms with van der Waals surface area (Å²) >= 11 is 0. The molecule has 2 N–H and O–H groups in total. The summed E-state index contributed by atoms with van der Waals surface area (Å²) in [5, 5.41) is 20.0. The molecule has 0 aliphatic carbocycles. The molecule has 0 spiro atoms. The Morgan fingerprint density at radius 3 is 1.34 bits per heavy atom. The van der Waals surface area contributed by atoms with E-state index in [1.165, 1.54) is 135 Å². The second-order valence-electron chi connectivity index (χ2n) is 11.7. The molecule has 2 heteroatoms. The molecule has 0 bridgehead atoms. The molecule has 0 aromatic carbocycles. The predicted octanol–water partition coefficient (Wildman–Crippen LogP) is 11.5. The van der Waals surface area contributed by atoms with Crippen molar-refractivity contribution in [1.29, 1.82) is 0 Å². The molecule has 0 aromatic rings. The van der Waals surface area contributed by atoms with Crippen molar-refractivity contribution < 1.29 is 10.2 Å². The van der Waals surface area contributed by atoms with Crippen molar-refractivity contribution >= 4 is 0 Å². The average Bonchev–Trinajstić information content (AvgIpc) is 2.92. The molecule has 0 rings (SSSR count). The fourth-order valence-electron chi connectivity index (χ4n) is 5.05. The summed E-state index contributed by atoms with van der Waals surface area (Å²) in [7, 11) is 0. The van der Waals surface area contributed by atoms with Crippen molar-refractivity contribution in [3.8, 4) is 0 Å². The normalized spacial score (nSPS) is 13.1. The van der Waals surface area contributed by atoms with Gasteiger partial charge in [-0.05, 0) is 76.4 Å². The molecule has 2 nitrogen and oxygen atoms in total. The average molecular weight is 533 g/mol. The van der Waals surface area contributed by atoms with Gasteiger partial charge in [-0.1, -0.05) is 135 Å². The molecule has 0 aromatic heterocycles. The number of aliphatic hydroxyl groups excluding tert-OH is 2. The monoisotopic (exact) mass is 533 g/mol. The summed E-state index contributed by atoms with van der Waals surface area (Å²) in [6.07, 6.45) is 41.8. The van der Waals surface area contributed by atoms with Crippen molar-refractivity contribution in [2.45, 2.75) is 199 Å². The highest BCUT2D eigenvalue weighted by Gasteiger charge is 2.03. The summed E-state index contributed by atoms with van der Waals surface area (Å²) < 4.78 is 0. The molecule has 0 aliphatic rings. The van der Waals surface area contributed by atoms with Gasteiger partial charge in [-0.2, -0.15) is 0 Å². The molecule has 0 saturated carbocycles. The summed E-state index contributed by atoms with van der Waals surface area (Å²) in [6.45, 7) is 4.47. The Hall–Kier alpha value is -0.820. The van der Waals surface area contributed by atoms with Crippen molar-refractivity contribution in [2.24, 2.45) is 0 Å². The molecule has 224 valence electrons. The smallest absolute Gasteiger partial charge is 0.0574 e. The predicted molar refractivity (Wildman–Crippen MR) is 170 cm³/mol. The maximum atomic E-state index is 10.0. The number of allylic oxidation sites excluding steroid dienone is 2. The number of hydrogen-bond acceptors (Lipinski definition) is 2. The third-order valence-electron chi connectivity index (χ3n) is 7.70. The lowest BCUT2D eigenvalue weighted by molar-refractivity contribution is 0.147. The van der Waals surface area contributed by atoms with Crippen molar-refractivity contribution in [3.05, 3.63) is 30.0 Å². The molecule has 0 fully saturated rings. The van der Waals surface area contributed by atoms with Crippen molar-refractivity contribution in [1.82, 2.24) is 0 Å². The van der Waals surface area contributed by atoms with Crippen LogP contribution in [0.2, 0.25) is 0 Å². The van der Waals surface area contributed by atoms with E-state index in [2.05, 4.69) is 43.9 Å². The first-order chi connectivity index (χ1) is 18.7. The fourth-order valence-corrected chi connectivity index (χ4v) is 5.05. The Labute approximate surface area is 239 Å². The van der Waals surface area contributed by atoms with E-state index in [0.29, 0.717) is 0 Å². The molecule has 0 saturated heterocycles. The Morgan fingerprint density at radius 2 is 0.842 bits per heavy atom. The van der Waals surface area contributed by atoms with Crippen LogP contribution in [0.25, 0.3) is 0 Å². The van der Waals surface area contributed by atoms with Gasteiger partial charge in [0.2, 0.25) is 0 Å². The van der Waals surface area contributed by atoms with Gasteiger partial charge in [0.15, 0.2) is 0 Å². The van der Waals surface area contributed by atoms with Gasteiger partial charge in [-0.3, -0.25) is 0 Å². The van der Waals surface area contributed by atoms with Gasteiger partial charge in [0.05, 0.1) is 12.2 Å². The van der Waals surface area contributed by atoms with E-state index in [1.807, 2.05) is 0 Å². The minimum atomic E-state index is -0.139. The van der Waals surface area contributed by atoms with Crippen LogP contribution >= 0.6 is 0 Å².